The maximum absolute atomic E-state index is 16.9. The van der Waals surface area contributed by atoms with E-state index in [2.05, 4.69) is 37.1 Å². The lowest BCUT2D eigenvalue weighted by atomic mass is 9.95. The monoisotopic (exact) mass is 613 g/mol. The number of terminal acetylenes is 1. The lowest BCUT2D eigenvalue weighted by molar-refractivity contribution is 0.209. The summed E-state index contributed by atoms with van der Waals surface area (Å²) in [4.78, 5) is 23.5. The number of rotatable bonds is 5. The number of phenolic OH excluding ortho intramolecular Hbond substituents is 1. The fraction of sp³-hybridized carbons (Fsp3) is 0.333. The van der Waals surface area contributed by atoms with E-state index in [0.717, 1.165) is 63.1 Å². The van der Waals surface area contributed by atoms with Crippen LogP contribution in [0.3, 0.4) is 0 Å². The first-order chi connectivity index (χ1) is 22.5. The highest BCUT2D eigenvalue weighted by Crippen LogP contribution is 2.45. The fourth-order valence-corrected chi connectivity index (χ4v) is 8.23. The third-order valence-corrected chi connectivity index (χ3v) is 10.3. The van der Waals surface area contributed by atoms with Crippen LogP contribution < -0.4 is 19.9 Å². The van der Waals surface area contributed by atoms with Crippen molar-refractivity contribution >= 4 is 33.2 Å². The zero-order valence-corrected chi connectivity index (χ0v) is 25.2. The lowest BCUT2D eigenvalue weighted by Gasteiger charge is -2.35. The molecular weight excluding hydrogens is 581 g/mol. The summed E-state index contributed by atoms with van der Waals surface area (Å²) < 4.78 is 23.4. The van der Waals surface area contributed by atoms with Crippen LogP contribution in [0.4, 0.5) is 15.9 Å². The van der Waals surface area contributed by atoms with Crippen molar-refractivity contribution in [2.45, 2.75) is 49.7 Å². The Morgan fingerprint density at radius 2 is 1.98 bits per heavy atom. The summed E-state index contributed by atoms with van der Waals surface area (Å²) in [6.07, 6.45) is 14.3. The van der Waals surface area contributed by atoms with Gasteiger partial charge < -0.3 is 25.0 Å². The van der Waals surface area contributed by atoms with Gasteiger partial charge in [-0.2, -0.15) is 9.97 Å². The molecule has 5 aromatic rings. The number of halogens is 1. The Morgan fingerprint density at radius 3 is 2.83 bits per heavy atom. The highest BCUT2D eigenvalue weighted by molar-refractivity contribution is 6.02. The first kappa shape index (κ1) is 27.3. The Morgan fingerprint density at radius 1 is 1.11 bits per heavy atom. The van der Waals surface area contributed by atoms with Gasteiger partial charge in [-0.15, -0.1) is 6.42 Å². The fourth-order valence-electron chi connectivity index (χ4n) is 8.23. The van der Waals surface area contributed by atoms with E-state index in [1.807, 2.05) is 24.4 Å². The number of hydrogen-bond donors (Lipinski definition) is 2. The summed E-state index contributed by atoms with van der Waals surface area (Å²) in [5.41, 5.74) is 3.18. The zero-order chi connectivity index (χ0) is 31.0. The van der Waals surface area contributed by atoms with Gasteiger partial charge in [-0.05, 0) is 61.4 Å². The molecule has 9 nitrogen and oxygen atoms in total. The molecule has 7 heterocycles. The Hall–Kier alpha value is -5.01. The van der Waals surface area contributed by atoms with Crippen LogP contribution in [0, 0.1) is 18.2 Å². The summed E-state index contributed by atoms with van der Waals surface area (Å²) in [7, 11) is 0. The maximum atomic E-state index is 16.9. The predicted molar refractivity (Wildman–Crippen MR) is 175 cm³/mol. The van der Waals surface area contributed by atoms with Gasteiger partial charge in [-0.1, -0.05) is 18.1 Å². The summed E-state index contributed by atoms with van der Waals surface area (Å²) in [6.45, 7) is 2.82. The minimum absolute atomic E-state index is 0.00548. The standard InChI is InChI=1S/C36H32FN7O2/c1-2-21-6-3-7-22-14-25(45)15-26(30(21)22)32-31(37)33-27(17-39-32)34(43-18-23-9-10-24(19-43)40-23)42-35(41-33)46-20-36-11-5-13-44(36)29-8-4-12-38-28(29)16-36/h1,3-4,6-8,12,14-15,17,23-24,40,45H,5,9-11,13,16,18-20H2. The van der Waals surface area contributed by atoms with Gasteiger partial charge in [-0.3, -0.25) is 9.97 Å². The van der Waals surface area contributed by atoms with Gasteiger partial charge in [0, 0.05) is 67.0 Å². The molecule has 3 saturated heterocycles. The Balaban J connectivity index is 1.17. The smallest absolute Gasteiger partial charge is 0.319 e. The second kappa shape index (κ2) is 10.3. The van der Waals surface area contributed by atoms with E-state index < -0.39 is 5.82 Å². The molecule has 0 aliphatic carbocycles. The van der Waals surface area contributed by atoms with Gasteiger partial charge in [-0.25, -0.2) is 4.39 Å². The van der Waals surface area contributed by atoms with Crippen molar-refractivity contribution in [2.24, 2.45) is 0 Å². The van der Waals surface area contributed by atoms with Gasteiger partial charge in [0.1, 0.15) is 29.4 Å². The number of phenols is 1. The average molecular weight is 614 g/mol. The minimum Gasteiger partial charge on any atom is -0.508 e. The normalized spacial score (nSPS) is 23.1. The van der Waals surface area contributed by atoms with Crippen molar-refractivity contribution in [3.05, 3.63) is 71.9 Å². The number of anilines is 2. The third kappa shape index (κ3) is 4.18. The van der Waals surface area contributed by atoms with Crippen LogP contribution in [0.25, 0.3) is 32.9 Å². The van der Waals surface area contributed by atoms with E-state index in [0.29, 0.717) is 51.8 Å². The number of ether oxygens (including phenoxy) is 1. The van der Waals surface area contributed by atoms with Gasteiger partial charge in [0.25, 0.3) is 0 Å². The van der Waals surface area contributed by atoms with E-state index in [9.17, 15) is 5.11 Å². The van der Waals surface area contributed by atoms with E-state index in [1.54, 1.807) is 18.3 Å². The van der Waals surface area contributed by atoms with Crippen molar-refractivity contribution in [1.29, 1.82) is 0 Å². The number of aromatic hydroxyl groups is 1. The number of aromatic nitrogens is 4. The molecule has 3 fully saturated rings. The SMILES string of the molecule is C#Cc1cccc2cc(O)cc(-c3ncc4c(N5CC6CCC(C5)N6)nc(OCC56CCCN5c5cccnc5C6)nc4c3F)c12. The van der Waals surface area contributed by atoms with Gasteiger partial charge >= 0.3 is 6.01 Å². The Kier molecular flexibility index (Phi) is 6.09. The van der Waals surface area contributed by atoms with Crippen molar-refractivity contribution in [3.8, 4) is 35.4 Å². The quantitative estimate of drug-likeness (QED) is 0.266. The molecule has 0 saturated carbocycles. The second-order valence-electron chi connectivity index (χ2n) is 13.0. The first-order valence-corrected chi connectivity index (χ1v) is 15.9. The number of nitrogens with zero attached hydrogens (tertiary/aromatic N) is 6. The molecule has 0 radical (unpaired) electrons. The topological polar surface area (TPSA) is 99.5 Å². The molecule has 0 spiro atoms. The van der Waals surface area contributed by atoms with Gasteiger partial charge in [0.2, 0.25) is 0 Å². The number of fused-ring (bicyclic) bond motifs is 7. The van der Waals surface area contributed by atoms with E-state index in [-0.39, 0.29) is 28.5 Å². The minimum atomic E-state index is -0.610. The van der Waals surface area contributed by atoms with Crippen LogP contribution in [0.1, 0.15) is 36.9 Å². The molecule has 9 rings (SSSR count). The van der Waals surface area contributed by atoms with E-state index in [4.69, 9.17) is 21.1 Å². The van der Waals surface area contributed by atoms with Crippen LogP contribution in [0.5, 0.6) is 11.8 Å². The predicted octanol–water partition coefficient (Wildman–Crippen LogP) is 4.98. The maximum Gasteiger partial charge on any atom is 0.319 e. The molecule has 3 aromatic heterocycles. The molecule has 230 valence electrons. The third-order valence-electron chi connectivity index (χ3n) is 10.3. The molecule has 2 bridgehead atoms. The summed E-state index contributed by atoms with van der Waals surface area (Å²) in [5, 5.41) is 16.1. The molecule has 10 heteroatoms. The summed E-state index contributed by atoms with van der Waals surface area (Å²) in [5.74, 6) is 2.71. The Labute approximate surface area is 265 Å². The van der Waals surface area contributed by atoms with Crippen molar-refractivity contribution in [2.75, 3.05) is 36.0 Å². The number of benzene rings is 2. The average Bonchev–Trinajstić information content (AvgIpc) is 3.73. The molecule has 2 aromatic carbocycles. The first-order valence-electron chi connectivity index (χ1n) is 15.9. The molecule has 0 amide bonds. The largest absolute Gasteiger partial charge is 0.508 e. The van der Waals surface area contributed by atoms with Crippen molar-refractivity contribution in [1.82, 2.24) is 25.3 Å². The highest BCUT2D eigenvalue weighted by atomic mass is 19.1. The summed E-state index contributed by atoms with van der Waals surface area (Å²) in [6, 6.07) is 13.5. The number of pyridine rings is 2. The van der Waals surface area contributed by atoms with Crippen LogP contribution in [-0.4, -0.2) is 68.9 Å². The molecule has 3 atom stereocenters. The molecular formula is C36H32FN7O2. The highest BCUT2D eigenvalue weighted by Gasteiger charge is 2.48. The molecule has 4 aliphatic heterocycles. The number of piperazine rings is 1. The summed E-state index contributed by atoms with van der Waals surface area (Å²) >= 11 is 0. The molecule has 4 aliphatic rings. The molecule has 46 heavy (non-hydrogen) atoms. The van der Waals surface area contributed by atoms with Gasteiger partial charge in [0.05, 0.1) is 22.3 Å². The van der Waals surface area contributed by atoms with Crippen LogP contribution in [-0.2, 0) is 6.42 Å². The number of hydrogen-bond acceptors (Lipinski definition) is 9. The molecule has 3 unspecified atom stereocenters. The second-order valence-corrected chi connectivity index (χ2v) is 13.0. The van der Waals surface area contributed by atoms with Crippen molar-refractivity contribution < 1.29 is 14.2 Å². The van der Waals surface area contributed by atoms with Crippen molar-refractivity contribution in [3.63, 3.8) is 0 Å². The van der Waals surface area contributed by atoms with Crippen LogP contribution in [0.15, 0.2) is 54.9 Å². The lowest BCUT2D eigenvalue weighted by Crippen LogP contribution is -2.51. The number of nitrogens with one attached hydrogen (secondary N) is 1. The van der Waals surface area contributed by atoms with Crippen LogP contribution in [0.2, 0.25) is 0 Å². The molecule has 2 N–H and O–H groups in total. The van der Waals surface area contributed by atoms with E-state index >= 15 is 4.39 Å². The van der Waals surface area contributed by atoms with Gasteiger partial charge in [0.15, 0.2) is 5.82 Å². The van der Waals surface area contributed by atoms with Crippen LogP contribution >= 0.6 is 0 Å². The van der Waals surface area contributed by atoms with E-state index in [1.165, 1.54) is 6.07 Å². The Bertz CT molecular complexity index is 2090. The zero-order valence-electron chi connectivity index (χ0n) is 25.2.